The molecule has 0 aliphatic rings. The van der Waals surface area contributed by atoms with Crippen molar-refractivity contribution in [2.24, 2.45) is 0 Å². The fraction of sp³-hybridized carbons (Fsp3) is 0. The van der Waals surface area contributed by atoms with Gasteiger partial charge in [-0.3, -0.25) is 0 Å². The van der Waals surface area contributed by atoms with Gasteiger partial charge in [0.1, 0.15) is 35.4 Å². The van der Waals surface area contributed by atoms with Crippen molar-refractivity contribution in [2.45, 2.75) is 0 Å². The van der Waals surface area contributed by atoms with Gasteiger partial charge in [-0.1, -0.05) is 24.3 Å². The fourth-order valence-electron chi connectivity index (χ4n) is 2.68. The Morgan fingerprint density at radius 1 is 0.696 bits per heavy atom. The van der Waals surface area contributed by atoms with Crippen molar-refractivity contribution in [3.63, 3.8) is 0 Å². The Bertz CT molecular complexity index is 1120. The van der Waals surface area contributed by atoms with Crippen molar-refractivity contribution in [2.75, 3.05) is 0 Å². The minimum atomic E-state index is 0.0200. The van der Waals surface area contributed by atoms with E-state index in [0.29, 0.717) is 26.6 Å². The van der Waals surface area contributed by atoms with Crippen molar-refractivity contribution in [3.8, 4) is 24.3 Å². The molecule has 0 saturated heterocycles. The minimum absolute atomic E-state index is 0.0200. The Labute approximate surface area is 135 Å². The van der Waals surface area contributed by atoms with Gasteiger partial charge in [-0.05, 0) is 22.2 Å². The van der Waals surface area contributed by atoms with Crippen LogP contribution in [0, 0.1) is 45.3 Å². The summed E-state index contributed by atoms with van der Waals surface area (Å²) in [6, 6.07) is 16.8. The zero-order valence-electron chi connectivity index (χ0n) is 11.7. The summed E-state index contributed by atoms with van der Waals surface area (Å²) in [7, 11) is 0. The molecular weight excluding hydrogens is 304 g/mol. The van der Waals surface area contributed by atoms with E-state index < -0.39 is 0 Å². The molecule has 0 N–H and O–H groups in total. The lowest BCUT2D eigenvalue weighted by Gasteiger charge is -2.04. The lowest BCUT2D eigenvalue weighted by atomic mass is 9.98. The maximum atomic E-state index is 9.29. The quantitative estimate of drug-likeness (QED) is 0.637. The van der Waals surface area contributed by atoms with Gasteiger partial charge in [-0.25, -0.2) is 0 Å². The molecule has 0 saturated carbocycles. The van der Waals surface area contributed by atoms with Gasteiger partial charge in [-0.2, -0.15) is 21.0 Å². The molecule has 23 heavy (non-hydrogen) atoms. The van der Waals surface area contributed by atoms with E-state index in [4.69, 9.17) is 0 Å². The third-order valence-electron chi connectivity index (χ3n) is 3.57. The summed E-state index contributed by atoms with van der Waals surface area (Å²) in [4.78, 5) is 0. The van der Waals surface area contributed by atoms with Crippen LogP contribution in [0.3, 0.4) is 0 Å². The second-order valence-electron chi connectivity index (χ2n) is 4.66. The molecule has 5 heteroatoms. The van der Waals surface area contributed by atoms with Gasteiger partial charge in [0, 0.05) is 20.5 Å². The highest BCUT2D eigenvalue weighted by atomic mass is 32.1. The zero-order chi connectivity index (χ0) is 16.4. The minimum Gasteiger partial charge on any atom is -0.192 e. The van der Waals surface area contributed by atoms with Gasteiger partial charge in [-0.15, -0.1) is 11.3 Å². The molecule has 104 valence electrons. The SMILES string of the molecule is N#CC(C#N)=c1c2ccccc2c(=C(C#N)C#N)c2sccc12. The molecule has 2 aromatic carbocycles. The first kappa shape index (κ1) is 14.3. The summed E-state index contributed by atoms with van der Waals surface area (Å²) in [6.45, 7) is 0. The number of rotatable bonds is 0. The highest BCUT2D eigenvalue weighted by Gasteiger charge is 2.12. The Morgan fingerprint density at radius 2 is 1.22 bits per heavy atom. The van der Waals surface area contributed by atoms with Crippen LogP contribution < -0.4 is 10.4 Å². The maximum Gasteiger partial charge on any atom is 0.138 e. The number of thiophene rings is 1. The molecule has 3 rings (SSSR count). The van der Waals surface area contributed by atoms with Crippen molar-refractivity contribution < 1.29 is 0 Å². The van der Waals surface area contributed by atoms with E-state index >= 15 is 0 Å². The highest BCUT2D eigenvalue weighted by Crippen LogP contribution is 2.20. The van der Waals surface area contributed by atoms with E-state index in [1.54, 1.807) is 24.3 Å². The van der Waals surface area contributed by atoms with Gasteiger partial charge in [0.2, 0.25) is 0 Å². The van der Waals surface area contributed by atoms with Crippen molar-refractivity contribution in [3.05, 3.63) is 46.1 Å². The number of benzene rings is 2. The van der Waals surface area contributed by atoms with Crippen LogP contribution in [0.4, 0.5) is 0 Å². The molecule has 0 amide bonds. The summed E-state index contributed by atoms with van der Waals surface area (Å²) >= 11 is 1.39. The zero-order valence-corrected chi connectivity index (χ0v) is 12.5. The van der Waals surface area contributed by atoms with Crippen LogP contribution in [0.1, 0.15) is 0 Å². The molecule has 1 heterocycles. The molecule has 0 radical (unpaired) electrons. The normalized spacial score (nSPS) is 9.57. The van der Waals surface area contributed by atoms with Crippen LogP contribution in [-0.4, -0.2) is 0 Å². The third kappa shape index (κ3) is 2.02. The van der Waals surface area contributed by atoms with E-state index in [2.05, 4.69) is 0 Å². The number of nitrogens with zero attached hydrogens (tertiary/aromatic N) is 4. The smallest absolute Gasteiger partial charge is 0.138 e. The molecule has 0 aliphatic heterocycles. The number of hydrogen-bond donors (Lipinski definition) is 0. The van der Waals surface area contributed by atoms with Gasteiger partial charge in [0.05, 0.1) is 0 Å². The molecule has 3 aromatic rings. The molecule has 0 spiro atoms. The molecule has 0 atom stereocenters. The van der Waals surface area contributed by atoms with Gasteiger partial charge >= 0.3 is 0 Å². The molecule has 1 aromatic heterocycles. The topological polar surface area (TPSA) is 95.2 Å². The van der Waals surface area contributed by atoms with Crippen LogP contribution in [0.5, 0.6) is 0 Å². The predicted molar refractivity (Wildman–Crippen MR) is 87.8 cm³/mol. The van der Waals surface area contributed by atoms with Crippen molar-refractivity contribution in [1.29, 1.82) is 21.0 Å². The van der Waals surface area contributed by atoms with E-state index in [9.17, 15) is 21.0 Å². The summed E-state index contributed by atoms with van der Waals surface area (Å²) in [5.41, 5.74) is 0.0438. The van der Waals surface area contributed by atoms with E-state index in [1.807, 2.05) is 35.7 Å². The predicted octanol–water partition coefficient (Wildman–Crippen LogP) is 2.45. The molecule has 0 aliphatic carbocycles. The van der Waals surface area contributed by atoms with Crippen LogP contribution in [0.25, 0.3) is 32.0 Å². The summed E-state index contributed by atoms with van der Waals surface area (Å²) < 4.78 is 0.736. The number of hydrogen-bond acceptors (Lipinski definition) is 5. The first-order valence-corrected chi connectivity index (χ1v) is 7.41. The molecule has 0 unspecified atom stereocenters. The largest absolute Gasteiger partial charge is 0.192 e. The lowest BCUT2D eigenvalue weighted by Crippen LogP contribution is -2.16. The average Bonchev–Trinajstić information content (AvgIpc) is 3.07. The van der Waals surface area contributed by atoms with E-state index in [1.165, 1.54) is 11.3 Å². The van der Waals surface area contributed by atoms with Gasteiger partial charge < -0.3 is 0 Å². The molecule has 4 nitrogen and oxygen atoms in total. The van der Waals surface area contributed by atoms with Crippen molar-refractivity contribution >= 4 is 43.3 Å². The summed E-state index contributed by atoms with van der Waals surface area (Å²) in [5.74, 6) is 0. The summed E-state index contributed by atoms with van der Waals surface area (Å²) in [6.07, 6.45) is 0. The standard InChI is InChI=1S/C18H6N4S/c19-7-11(8-20)16-13-3-1-2-4-14(13)17(12(9-21)10-22)18-15(16)5-6-23-18/h1-6H. The van der Waals surface area contributed by atoms with Crippen LogP contribution in [-0.2, 0) is 0 Å². The number of nitriles is 4. The third-order valence-corrected chi connectivity index (χ3v) is 4.51. The first-order chi connectivity index (χ1) is 11.3. The second-order valence-corrected chi connectivity index (χ2v) is 5.57. The monoisotopic (exact) mass is 310 g/mol. The van der Waals surface area contributed by atoms with Crippen LogP contribution in [0.15, 0.2) is 35.7 Å². The molecule has 0 fully saturated rings. The first-order valence-electron chi connectivity index (χ1n) is 6.53. The Kier molecular flexibility index (Phi) is 3.50. The number of fused-ring (bicyclic) bond motifs is 2. The fourth-order valence-corrected chi connectivity index (χ4v) is 3.64. The second kappa shape index (κ2) is 5.63. The Balaban J connectivity index is 2.92. The highest BCUT2D eigenvalue weighted by molar-refractivity contribution is 7.17. The Hall–Kier alpha value is -3.64. The van der Waals surface area contributed by atoms with Crippen molar-refractivity contribution in [1.82, 2.24) is 0 Å². The van der Waals surface area contributed by atoms with E-state index in [0.717, 1.165) is 4.70 Å². The molecule has 0 bridgehead atoms. The lowest BCUT2D eigenvalue weighted by molar-refractivity contribution is 1.50. The van der Waals surface area contributed by atoms with Gasteiger partial charge in [0.25, 0.3) is 0 Å². The average molecular weight is 310 g/mol. The van der Waals surface area contributed by atoms with Gasteiger partial charge in [0.15, 0.2) is 0 Å². The van der Waals surface area contributed by atoms with Crippen LogP contribution >= 0.6 is 11.3 Å². The molecular formula is C18H6N4S. The maximum absolute atomic E-state index is 9.29. The Morgan fingerprint density at radius 3 is 1.78 bits per heavy atom. The summed E-state index contributed by atoms with van der Waals surface area (Å²) in [5, 5.41) is 42.2. The van der Waals surface area contributed by atoms with Crippen LogP contribution in [0.2, 0.25) is 0 Å². The van der Waals surface area contributed by atoms with E-state index in [-0.39, 0.29) is 11.1 Å².